The second-order valence-corrected chi connectivity index (χ2v) is 6.27. The molecule has 23 heavy (non-hydrogen) atoms. The summed E-state index contributed by atoms with van der Waals surface area (Å²) in [5.74, 6) is 0.803. The van der Waals surface area contributed by atoms with E-state index in [9.17, 15) is 4.79 Å². The fourth-order valence-electron chi connectivity index (χ4n) is 2.68. The second kappa shape index (κ2) is 9.36. The molecule has 0 atom stereocenters. The van der Waals surface area contributed by atoms with E-state index < -0.39 is 0 Å². The molecule has 0 radical (unpaired) electrons. The summed E-state index contributed by atoms with van der Waals surface area (Å²) in [6.45, 7) is 5.19. The molecule has 0 fully saturated rings. The summed E-state index contributed by atoms with van der Waals surface area (Å²) in [6, 6.07) is 7.47. The number of allylic oxidation sites excluding steroid dienone is 1. The SMILES string of the molecule is CC(C)Oc1ccc(NC(=O)CNCCC2=CCCCC2)cc1. The van der Waals surface area contributed by atoms with Gasteiger partial charge in [-0.05, 0) is 76.8 Å². The first-order chi connectivity index (χ1) is 11.1. The lowest BCUT2D eigenvalue weighted by molar-refractivity contribution is -0.115. The van der Waals surface area contributed by atoms with Crippen LogP contribution in [0.4, 0.5) is 5.69 Å². The van der Waals surface area contributed by atoms with Crippen LogP contribution in [0, 0.1) is 0 Å². The van der Waals surface area contributed by atoms with Crippen LogP contribution in [0.3, 0.4) is 0 Å². The maximum atomic E-state index is 11.9. The van der Waals surface area contributed by atoms with Gasteiger partial charge in [0.15, 0.2) is 0 Å². The Kier molecular flexibility index (Phi) is 7.14. The Bertz CT molecular complexity index is 521. The molecule has 1 aromatic rings. The predicted molar refractivity (Wildman–Crippen MR) is 94.9 cm³/mol. The average Bonchev–Trinajstić information content (AvgIpc) is 2.54. The Morgan fingerprint density at radius 2 is 2.00 bits per heavy atom. The van der Waals surface area contributed by atoms with E-state index in [0.29, 0.717) is 6.54 Å². The number of benzene rings is 1. The number of ether oxygens (including phenoxy) is 1. The molecule has 1 amide bonds. The quantitative estimate of drug-likeness (QED) is 0.565. The summed E-state index contributed by atoms with van der Waals surface area (Å²) < 4.78 is 5.58. The Labute approximate surface area is 139 Å². The van der Waals surface area contributed by atoms with Crippen molar-refractivity contribution in [2.45, 2.75) is 52.1 Å². The highest BCUT2D eigenvalue weighted by atomic mass is 16.5. The smallest absolute Gasteiger partial charge is 0.238 e. The molecule has 0 saturated carbocycles. The number of carbonyl (C=O) groups excluding carboxylic acids is 1. The van der Waals surface area contributed by atoms with Crippen LogP contribution in [0.5, 0.6) is 5.75 Å². The van der Waals surface area contributed by atoms with Gasteiger partial charge in [-0.1, -0.05) is 11.6 Å². The van der Waals surface area contributed by atoms with Crippen molar-refractivity contribution in [2.75, 3.05) is 18.4 Å². The largest absolute Gasteiger partial charge is 0.491 e. The number of anilines is 1. The fraction of sp³-hybridized carbons (Fsp3) is 0.526. The first-order valence-electron chi connectivity index (χ1n) is 8.58. The van der Waals surface area contributed by atoms with Crippen molar-refractivity contribution in [3.63, 3.8) is 0 Å². The molecule has 1 aromatic carbocycles. The van der Waals surface area contributed by atoms with Crippen molar-refractivity contribution in [3.8, 4) is 5.75 Å². The van der Waals surface area contributed by atoms with E-state index in [0.717, 1.165) is 24.4 Å². The van der Waals surface area contributed by atoms with Crippen molar-refractivity contribution in [1.29, 1.82) is 0 Å². The molecule has 0 aromatic heterocycles. The zero-order valence-corrected chi connectivity index (χ0v) is 14.2. The van der Waals surface area contributed by atoms with Gasteiger partial charge in [0.1, 0.15) is 5.75 Å². The topological polar surface area (TPSA) is 50.4 Å². The Morgan fingerprint density at radius 3 is 2.65 bits per heavy atom. The fourth-order valence-corrected chi connectivity index (χ4v) is 2.68. The van der Waals surface area contributed by atoms with E-state index in [1.807, 2.05) is 38.1 Å². The number of amides is 1. The normalized spacial score (nSPS) is 14.5. The first-order valence-corrected chi connectivity index (χ1v) is 8.58. The van der Waals surface area contributed by atoms with Crippen LogP contribution >= 0.6 is 0 Å². The van der Waals surface area contributed by atoms with Gasteiger partial charge in [-0.2, -0.15) is 0 Å². The molecule has 0 saturated heterocycles. The third kappa shape index (κ3) is 6.87. The highest BCUT2D eigenvalue weighted by molar-refractivity contribution is 5.92. The highest BCUT2D eigenvalue weighted by Crippen LogP contribution is 2.19. The minimum absolute atomic E-state index is 0.0137. The van der Waals surface area contributed by atoms with Gasteiger partial charge in [0.25, 0.3) is 0 Å². The first kappa shape index (κ1) is 17.5. The molecular weight excluding hydrogens is 288 g/mol. The van der Waals surface area contributed by atoms with Gasteiger partial charge in [-0.3, -0.25) is 4.79 Å². The Balaban J connectivity index is 1.65. The minimum Gasteiger partial charge on any atom is -0.491 e. The Morgan fingerprint density at radius 1 is 1.22 bits per heavy atom. The summed E-state index contributed by atoms with van der Waals surface area (Å²) in [5, 5.41) is 6.10. The molecular formula is C19H28N2O2. The molecule has 4 heteroatoms. The van der Waals surface area contributed by atoms with Crippen LogP contribution in [0.1, 0.15) is 46.0 Å². The zero-order valence-electron chi connectivity index (χ0n) is 14.2. The Hall–Kier alpha value is -1.81. The van der Waals surface area contributed by atoms with E-state index in [2.05, 4.69) is 16.7 Å². The molecule has 4 nitrogen and oxygen atoms in total. The van der Waals surface area contributed by atoms with Crippen LogP contribution in [0.2, 0.25) is 0 Å². The van der Waals surface area contributed by atoms with Crippen LogP contribution in [-0.4, -0.2) is 25.1 Å². The van der Waals surface area contributed by atoms with Crippen molar-refractivity contribution < 1.29 is 9.53 Å². The summed E-state index contributed by atoms with van der Waals surface area (Å²) in [4.78, 5) is 11.9. The number of hydrogen-bond acceptors (Lipinski definition) is 3. The molecule has 1 aliphatic rings. The van der Waals surface area contributed by atoms with Crippen molar-refractivity contribution in [3.05, 3.63) is 35.9 Å². The van der Waals surface area contributed by atoms with Crippen molar-refractivity contribution in [1.82, 2.24) is 5.32 Å². The van der Waals surface area contributed by atoms with E-state index in [1.165, 1.54) is 31.3 Å². The van der Waals surface area contributed by atoms with Gasteiger partial charge in [0, 0.05) is 5.69 Å². The molecule has 0 heterocycles. The predicted octanol–water partition coefficient (Wildman–Crippen LogP) is 3.89. The maximum absolute atomic E-state index is 11.9. The third-order valence-corrected chi connectivity index (χ3v) is 3.80. The molecule has 0 bridgehead atoms. The van der Waals surface area contributed by atoms with Gasteiger partial charge in [-0.25, -0.2) is 0 Å². The molecule has 2 rings (SSSR count). The number of nitrogens with one attached hydrogen (secondary N) is 2. The average molecular weight is 316 g/mol. The molecule has 2 N–H and O–H groups in total. The lowest BCUT2D eigenvalue weighted by atomic mass is 9.97. The van der Waals surface area contributed by atoms with Crippen molar-refractivity contribution in [2.24, 2.45) is 0 Å². The van der Waals surface area contributed by atoms with Gasteiger partial charge in [0.05, 0.1) is 12.6 Å². The van der Waals surface area contributed by atoms with Crippen molar-refractivity contribution >= 4 is 11.6 Å². The molecule has 126 valence electrons. The van der Waals surface area contributed by atoms with E-state index in [-0.39, 0.29) is 12.0 Å². The summed E-state index contributed by atoms with van der Waals surface area (Å²) in [6.07, 6.45) is 8.62. The maximum Gasteiger partial charge on any atom is 0.238 e. The summed E-state index contributed by atoms with van der Waals surface area (Å²) in [7, 11) is 0. The summed E-state index contributed by atoms with van der Waals surface area (Å²) in [5.41, 5.74) is 2.33. The van der Waals surface area contributed by atoms with E-state index in [1.54, 1.807) is 0 Å². The van der Waals surface area contributed by atoms with Gasteiger partial charge in [-0.15, -0.1) is 0 Å². The van der Waals surface area contributed by atoms with Gasteiger partial charge >= 0.3 is 0 Å². The van der Waals surface area contributed by atoms with Gasteiger partial charge < -0.3 is 15.4 Å². The summed E-state index contributed by atoms with van der Waals surface area (Å²) >= 11 is 0. The van der Waals surface area contributed by atoms with Gasteiger partial charge in [0.2, 0.25) is 5.91 Å². The third-order valence-electron chi connectivity index (χ3n) is 3.80. The van der Waals surface area contributed by atoms with E-state index in [4.69, 9.17) is 4.74 Å². The monoisotopic (exact) mass is 316 g/mol. The number of carbonyl (C=O) groups is 1. The minimum atomic E-state index is -0.0137. The molecule has 0 spiro atoms. The molecule has 0 aliphatic heterocycles. The second-order valence-electron chi connectivity index (χ2n) is 6.27. The van der Waals surface area contributed by atoms with Crippen LogP contribution < -0.4 is 15.4 Å². The zero-order chi connectivity index (χ0) is 16.5. The van der Waals surface area contributed by atoms with Crippen LogP contribution in [0.15, 0.2) is 35.9 Å². The number of rotatable bonds is 8. The van der Waals surface area contributed by atoms with Crippen LogP contribution in [0.25, 0.3) is 0 Å². The standard InChI is InChI=1S/C19H28N2O2/c1-15(2)23-18-10-8-17(9-11-18)21-19(22)14-20-13-12-16-6-4-3-5-7-16/h6,8-11,15,20H,3-5,7,12-14H2,1-2H3,(H,21,22). The van der Waals surface area contributed by atoms with Crippen LogP contribution in [-0.2, 0) is 4.79 Å². The lowest BCUT2D eigenvalue weighted by Crippen LogP contribution is -2.29. The van der Waals surface area contributed by atoms with E-state index >= 15 is 0 Å². The highest BCUT2D eigenvalue weighted by Gasteiger charge is 2.05. The molecule has 1 aliphatic carbocycles. The number of hydrogen-bond donors (Lipinski definition) is 2. The lowest BCUT2D eigenvalue weighted by Gasteiger charge is -2.13. The molecule has 0 unspecified atom stereocenters.